The molecular formula is C16H33N3O. The van der Waals surface area contributed by atoms with Crippen molar-refractivity contribution in [3.8, 4) is 0 Å². The molecule has 0 aliphatic carbocycles. The van der Waals surface area contributed by atoms with E-state index in [0.29, 0.717) is 18.1 Å². The van der Waals surface area contributed by atoms with Crippen LogP contribution < -0.4 is 11.1 Å². The van der Waals surface area contributed by atoms with Gasteiger partial charge in [0.15, 0.2) is 0 Å². The van der Waals surface area contributed by atoms with Crippen molar-refractivity contribution in [2.75, 3.05) is 6.54 Å². The standard InChI is InChI=1S/C16H33N3O/c1-6-10-18-16(5,15(17)20)11-13(4)19-12(3)8-9-14(19)7-2/h12-14,18H,6-11H2,1-5H3,(H2,17,20). The largest absolute Gasteiger partial charge is 0.368 e. The number of rotatable bonds is 8. The summed E-state index contributed by atoms with van der Waals surface area (Å²) in [5.41, 5.74) is 5.04. The predicted molar refractivity (Wildman–Crippen MR) is 84.6 cm³/mol. The van der Waals surface area contributed by atoms with E-state index in [9.17, 15) is 4.79 Å². The zero-order valence-electron chi connectivity index (χ0n) is 13.9. The highest BCUT2D eigenvalue weighted by Crippen LogP contribution is 2.31. The van der Waals surface area contributed by atoms with Gasteiger partial charge in [0.2, 0.25) is 5.91 Å². The van der Waals surface area contributed by atoms with Gasteiger partial charge < -0.3 is 11.1 Å². The molecule has 1 fully saturated rings. The van der Waals surface area contributed by atoms with E-state index >= 15 is 0 Å². The first-order valence-corrected chi connectivity index (χ1v) is 8.18. The summed E-state index contributed by atoms with van der Waals surface area (Å²) in [5, 5.41) is 3.35. The molecule has 0 saturated carbocycles. The number of hydrogen-bond acceptors (Lipinski definition) is 3. The average molecular weight is 283 g/mol. The first-order chi connectivity index (χ1) is 9.35. The Morgan fingerprint density at radius 2 is 2.10 bits per heavy atom. The van der Waals surface area contributed by atoms with E-state index in [1.807, 2.05) is 6.92 Å². The second kappa shape index (κ2) is 7.41. The molecule has 0 bridgehead atoms. The fourth-order valence-corrected chi connectivity index (χ4v) is 3.66. The summed E-state index contributed by atoms with van der Waals surface area (Å²) in [6, 6.07) is 1.64. The molecule has 1 amide bonds. The van der Waals surface area contributed by atoms with Crippen LogP contribution in [0.15, 0.2) is 0 Å². The van der Waals surface area contributed by atoms with Crippen molar-refractivity contribution in [2.45, 2.75) is 90.4 Å². The third-order valence-corrected chi connectivity index (χ3v) is 4.84. The molecule has 0 radical (unpaired) electrons. The van der Waals surface area contributed by atoms with E-state index < -0.39 is 5.54 Å². The van der Waals surface area contributed by atoms with Gasteiger partial charge in [0.1, 0.15) is 0 Å². The Morgan fingerprint density at radius 3 is 2.60 bits per heavy atom. The van der Waals surface area contributed by atoms with Crippen molar-refractivity contribution in [3.63, 3.8) is 0 Å². The monoisotopic (exact) mass is 283 g/mol. The van der Waals surface area contributed by atoms with Gasteiger partial charge in [-0.3, -0.25) is 9.69 Å². The van der Waals surface area contributed by atoms with Crippen LogP contribution in [-0.4, -0.2) is 41.0 Å². The fraction of sp³-hybridized carbons (Fsp3) is 0.938. The molecule has 0 spiro atoms. The van der Waals surface area contributed by atoms with E-state index in [-0.39, 0.29) is 5.91 Å². The van der Waals surface area contributed by atoms with Crippen molar-refractivity contribution in [1.29, 1.82) is 0 Å². The zero-order valence-corrected chi connectivity index (χ0v) is 13.9. The summed E-state index contributed by atoms with van der Waals surface area (Å²) >= 11 is 0. The lowest BCUT2D eigenvalue weighted by Gasteiger charge is -2.39. The average Bonchev–Trinajstić information content (AvgIpc) is 2.77. The van der Waals surface area contributed by atoms with Gasteiger partial charge >= 0.3 is 0 Å². The van der Waals surface area contributed by atoms with Crippen LogP contribution in [0.5, 0.6) is 0 Å². The van der Waals surface area contributed by atoms with Crippen molar-refractivity contribution < 1.29 is 4.79 Å². The van der Waals surface area contributed by atoms with Gasteiger partial charge in [0.25, 0.3) is 0 Å². The van der Waals surface area contributed by atoms with Crippen LogP contribution in [0, 0.1) is 0 Å². The quantitative estimate of drug-likeness (QED) is 0.718. The molecule has 0 aromatic heterocycles. The summed E-state index contributed by atoms with van der Waals surface area (Å²) < 4.78 is 0. The molecule has 4 heteroatoms. The molecule has 0 aromatic carbocycles. The van der Waals surface area contributed by atoms with Gasteiger partial charge in [-0.25, -0.2) is 0 Å². The summed E-state index contributed by atoms with van der Waals surface area (Å²) in [4.78, 5) is 14.4. The lowest BCUT2D eigenvalue weighted by molar-refractivity contribution is -0.124. The topological polar surface area (TPSA) is 58.4 Å². The Balaban J connectivity index is 2.74. The molecule has 1 rings (SSSR count). The summed E-state index contributed by atoms with van der Waals surface area (Å²) in [6.07, 6.45) is 5.51. The number of carbonyl (C=O) groups is 1. The Hall–Kier alpha value is -0.610. The van der Waals surface area contributed by atoms with Gasteiger partial charge in [0.05, 0.1) is 5.54 Å². The lowest BCUT2D eigenvalue weighted by Crippen LogP contribution is -2.57. The molecule has 118 valence electrons. The summed E-state index contributed by atoms with van der Waals surface area (Å²) in [5.74, 6) is -0.238. The molecule has 4 atom stereocenters. The van der Waals surface area contributed by atoms with E-state index in [4.69, 9.17) is 5.73 Å². The van der Waals surface area contributed by atoms with E-state index in [2.05, 4.69) is 37.9 Å². The van der Waals surface area contributed by atoms with Crippen molar-refractivity contribution in [3.05, 3.63) is 0 Å². The Morgan fingerprint density at radius 1 is 1.45 bits per heavy atom. The number of nitrogens with one attached hydrogen (secondary N) is 1. The van der Waals surface area contributed by atoms with Gasteiger partial charge in [-0.2, -0.15) is 0 Å². The first-order valence-electron chi connectivity index (χ1n) is 8.18. The lowest BCUT2D eigenvalue weighted by atomic mass is 9.91. The predicted octanol–water partition coefficient (Wildman–Crippen LogP) is 2.27. The molecule has 0 aromatic rings. The second-order valence-corrected chi connectivity index (χ2v) is 6.61. The number of amides is 1. The number of nitrogens with two attached hydrogens (primary N) is 1. The SMILES string of the molecule is CCCNC(C)(CC(C)N1C(C)CCC1CC)C(N)=O. The van der Waals surface area contributed by atoms with Gasteiger partial charge in [-0.05, 0) is 59.4 Å². The number of primary amides is 1. The number of likely N-dealkylation sites (tertiary alicyclic amines) is 1. The molecule has 1 aliphatic rings. The Labute approximate surface area is 124 Å². The number of hydrogen-bond donors (Lipinski definition) is 2. The highest BCUT2D eigenvalue weighted by atomic mass is 16.1. The van der Waals surface area contributed by atoms with Crippen LogP contribution in [0.1, 0.15) is 66.7 Å². The third-order valence-electron chi connectivity index (χ3n) is 4.84. The van der Waals surface area contributed by atoms with E-state index in [0.717, 1.165) is 19.4 Å². The van der Waals surface area contributed by atoms with Crippen LogP contribution in [0.4, 0.5) is 0 Å². The van der Waals surface area contributed by atoms with Gasteiger partial charge in [-0.1, -0.05) is 13.8 Å². The fourth-order valence-electron chi connectivity index (χ4n) is 3.66. The smallest absolute Gasteiger partial charge is 0.237 e. The van der Waals surface area contributed by atoms with Crippen LogP contribution in [0.25, 0.3) is 0 Å². The summed E-state index contributed by atoms with van der Waals surface area (Å²) in [7, 11) is 0. The van der Waals surface area contributed by atoms with Crippen molar-refractivity contribution in [1.82, 2.24) is 10.2 Å². The van der Waals surface area contributed by atoms with Gasteiger partial charge in [0, 0.05) is 18.1 Å². The van der Waals surface area contributed by atoms with Crippen LogP contribution >= 0.6 is 0 Å². The molecule has 20 heavy (non-hydrogen) atoms. The molecular weight excluding hydrogens is 250 g/mol. The number of nitrogens with zero attached hydrogens (tertiary/aromatic N) is 1. The minimum atomic E-state index is -0.601. The molecule has 1 heterocycles. The molecule has 4 nitrogen and oxygen atoms in total. The van der Waals surface area contributed by atoms with E-state index in [1.165, 1.54) is 19.3 Å². The van der Waals surface area contributed by atoms with Gasteiger partial charge in [-0.15, -0.1) is 0 Å². The second-order valence-electron chi connectivity index (χ2n) is 6.61. The molecule has 1 saturated heterocycles. The third kappa shape index (κ3) is 3.95. The maximum absolute atomic E-state index is 11.9. The van der Waals surface area contributed by atoms with Crippen LogP contribution in [-0.2, 0) is 4.79 Å². The summed E-state index contributed by atoms with van der Waals surface area (Å²) in [6.45, 7) is 11.7. The minimum Gasteiger partial charge on any atom is -0.368 e. The first kappa shape index (κ1) is 17.4. The van der Waals surface area contributed by atoms with Crippen molar-refractivity contribution in [2.24, 2.45) is 5.73 Å². The molecule has 4 unspecified atom stereocenters. The van der Waals surface area contributed by atoms with Crippen LogP contribution in [0.3, 0.4) is 0 Å². The molecule has 1 aliphatic heterocycles. The zero-order chi connectivity index (χ0) is 15.3. The Bertz CT molecular complexity index is 321. The maximum atomic E-state index is 11.9. The van der Waals surface area contributed by atoms with Crippen molar-refractivity contribution >= 4 is 5.91 Å². The normalized spacial score (nSPS) is 28.2. The molecule has 3 N–H and O–H groups in total. The minimum absolute atomic E-state index is 0.238. The highest BCUT2D eigenvalue weighted by molar-refractivity contribution is 5.84. The number of carbonyl (C=O) groups excluding carboxylic acids is 1. The van der Waals surface area contributed by atoms with Crippen LogP contribution in [0.2, 0.25) is 0 Å². The highest BCUT2D eigenvalue weighted by Gasteiger charge is 2.38. The Kier molecular flexibility index (Phi) is 6.46. The van der Waals surface area contributed by atoms with E-state index in [1.54, 1.807) is 0 Å². The maximum Gasteiger partial charge on any atom is 0.237 e.